The Labute approximate surface area is 176 Å². The summed E-state index contributed by atoms with van der Waals surface area (Å²) >= 11 is 0. The summed E-state index contributed by atoms with van der Waals surface area (Å²) in [6, 6.07) is 1.08. The van der Waals surface area contributed by atoms with Crippen LogP contribution in [0.2, 0.25) is 0 Å². The van der Waals surface area contributed by atoms with Gasteiger partial charge in [0, 0.05) is 31.1 Å². The van der Waals surface area contributed by atoms with E-state index < -0.39 is 11.7 Å². The fourth-order valence-electron chi connectivity index (χ4n) is 3.93. The normalized spacial score (nSPS) is 17.6. The van der Waals surface area contributed by atoms with Crippen molar-refractivity contribution in [1.82, 2.24) is 29.8 Å². The lowest BCUT2D eigenvalue weighted by Gasteiger charge is -2.32. The van der Waals surface area contributed by atoms with Crippen molar-refractivity contribution >= 4 is 17.0 Å². The lowest BCUT2D eigenvalue weighted by atomic mass is 9.91. The van der Waals surface area contributed by atoms with E-state index in [4.69, 9.17) is 4.52 Å². The van der Waals surface area contributed by atoms with E-state index in [1.165, 1.54) is 12.7 Å². The van der Waals surface area contributed by atoms with Crippen molar-refractivity contribution in [1.29, 1.82) is 0 Å². The van der Waals surface area contributed by atoms with Crippen LogP contribution in [0.5, 0.6) is 0 Å². The van der Waals surface area contributed by atoms with E-state index in [1.54, 1.807) is 23.4 Å². The molecule has 0 spiro atoms. The SMILES string of the molecule is CC(C)c1cc(C(F)(F)F)c2c([C@H]3CCCN(C(=O)CCn4cncn4)C3)noc2n1. The molecule has 4 heterocycles. The Balaban J connectivity index is 1.60. The number of aryl methyl sites for hydroxylation is 1. The molecule has 166 valence electrons. The van der Waals surface area contributed by atoms with Crippen LogP contribution in [0.1, 0.15) is 61.9 Å². The van der Waals surface area contributed by atoms with Crippen molar-refractivity contribution < 1.29 is 22.5 Å². The first-order valence-corrected chi connectivity index (χ1v) is 10.2. The number of carbonyl (C=O) groups is 1. The number of amides is 1. The van der Waals surface area contributed by atoms with Gasteiger partial charge < -0.3 is 9.42 Å². The third-order valence-corrected chi connectivity index (χ3v) is 5.57. The standard InChI is InChI=1S/C20H23F3N6O2/c1-12(2)15-8-14(20(21,22)23)17-18(27-31-19(17)26-15)13-4-3-6-28(9-13)16(30)5-7-29-11-24-10-25-29/h8,10-13H,3-7,9H2,1-2H3/t13-/m0/s1. The molecule has 4 rings (SSSR count). The zero-order chi connectivity index (χ0) is 22.2. The van der Waals surface area contributed by atoms with Crippen molar-refractivity contribution in [2.45, 2.75) is 57.7 Å². The smallest absolute Gasteiger partial charge is 0.342 e. The number of nitrogens with zero attached hydrogens (tertiary/aromatic N) is 6. The van der Waals surface area contributed by atoms with Gasteiger partial charge in [-0.1, -0.05) is 19.0 Å². The highest BCUT2D eigenvalue weighted by atomic mass is 19.4. The largest absolute Gasteiger partial charge is 0.417 e. The molecule has 0 radical (unpaired) electrons. The van der Waals surface area contributed by atoms with Crippen LogP contribution < -0.4 is 0 Å². The van der Waals surface area contributed by atoms with Gasteiger partial charge in [-0.25, -0.2) is 9.97 Å². The highest BCUT2D eigenvalue weighted by Crippen LogP contribution is 2.40. The number of pyridine rings is 1. The molecule has 0 saturated carbocycles. The maximum Gasteiger partial charge on any atom is 0.417 e. The van der Waals surface area contributed by atoms with Crippen molar-refractivity contribution in [2.24, 2.45) is 0 Å². The van der Waals surface area contributed by atoms with Crippen molar-refractivity contribution in [3.05, 3.63) is 35.7 Å². The molecule has 3 aromatic rings. The summed E-state index contributed by atoms with van der Waals surface area (Å²) in [7, 11) is 0. The molecule has 0 unspecified atom stereocenters. The second-order valence-corrected chi connectivity index (χ2v) is 8.08. The number of aromatic nitrogens is 5. The molecule has 11 heteroatoms. The molecule has 3 aromatic heterocycles. The molecule has 1 amide bonds. The van der Waals surface area contributed by atoms with Gasteiger partial charge in [0.2, 0.25) is 5.91 Å². The van der Waals surface area contributed by atoms with Crippen molar-refractivity contribution in [3.63, 3.8) is 0 Å². The Morgan fingerprint density at radius 3 is 2.84 bits per heavy atom. The quantitative estimate of drug-likeness (QED) is 0.605. The molecule has 1 aliphatic rings. The van der Waals surface area contributed by atoms with E-state index in [9.17, 15) is 18.0 Å². The van der Waals surface area contributed by atoms with Gasteiger partial charge in [-0.2, -0.15) is 18.3 Å². The monoisotopic (exact) mass is 436 g/mol. The summed E-state index contributed by atoms with van der Waals surface area (Å²) in [5.74, 6) is -0.616. The lowest BCUT2D eigenvalue weighted by molar-refractivity contribution is -0.136. The predicted molar refractivity (Wildman–Crippen MR) is 104 cm³/mol. The Hall–Kier alpha value is -2.98. The number of hydrogen-bond acceptors (Lipinski definition) is 6. The van der Waals surface area contributed by atoms with Gasteiger partial charge in [0.05, 0.1) is 23.2 Å². The minimum atomic E-state index is -4.56. The molecule has 1 fully saturated rings. The highest BCUT2D eigenvalue weighted by molar-refractivity contribution is 5.82. The van der Waals surface area contributed by atoms with Crippen LogP contribution in [0.25, 0.3) is 11.1 Å². The maximum atomic E-state index is 13.9. The second-order valence-electron chi connectivity index (χ2n) is 8.08. The third kappa shape index (κ3) is 4.40. The lowest BCUT2D eigenvalue weighted by Crippen LogP contribution is -2.39. The van der Waals surface area contributed by atoms with E-state index in [-0.39, 0.29) is 41.0 Å². The number of halogens is 3. The summed E-state index contributed by atoms with van der Waals surface area (Å²) in [5, 5.41) is 7.85. The van der Waals surface area contributed by atoms with Crippen LogP contribution >= 0.6 is 0 Å². The van der Waals surface area contributed by atoms with Gasteiger partial charge in [-0.3, -0.25) is 9.48 Å². The zero-order valence-corrected chi connectivity index (χ0v) is 17.3. The van der Waals surface area contributed by atoms with E-state index in [0.717, 1.165) is 6.07 Å². The van der Waals surface area contributed by atoms with Crippen LogP contribution in [0.15, 0.2) is 23.2 Å². The van der Waals surface area contributed by atoms with Gasteiger partial charge in [-0.05, 0) is 24.8 Å². The molecule has 1 atom stereocenters. The molecular weight excluding hydrogens is 413 g/mol. The molecule has 0 N–H and O–H groups in total. The summed E-state index contributed by atoms with van der Waals surface area (Å²) in [6.07, 6.45) is -0.0977. The van der Waals surface area contributed by atoms with Gasteiger partial charge >= 0.3 is 6.18 Å². The fourth-order valence-corrected chi connectivity index (χ4v) is 3.93. The Bertz CT molecular complexity index is 1060. The minimum absolute atomic E-state index is 0.0794. The maximum absolute atomic E-state index is 13.9. The summed E-state index contributed by atoms with van der Waals surface area (Å²) in [6.45, 7) is 4.80. The van der Waals surface area contributed by atoms with E-state index >= 15 is 0 Å². The van der Waals surface area contributed by atoms with Crippen LogP contribution in [-0.2, 0) is 17.5 Å². The first-order chi connectivity index (χ1) is 14.7. The number of alkyl halides is 3. The van der Waals surface area contributed by atoms with Gasteiger partial charge in [0.15, 0.2) is 0 Å². The first-order valence-electron chi connectivity index (χ1n) is 10.2. The summed E-state index contributed by atoms with van der Waals surface area (Å²) in [5.41, 5.74) is -0.370. The molecule has 1 saturated heterocycles. The second kappa shape index (κ2) is 8.27. The number of rotatable bonds is 5. The molecule has 0 aliphatic carbocycles. The average Bonchev–Trinajstić information content (AvgIpc) is 3.40. The van der Waals surface area contributed by atoms with E-state index in [2.05, 4.69) is 20.2 Å². The Morgan fingerprint density at radius 1 is 1.35 bits per heavy atom. The molecule has 8 nitrogen and oxygen atoms in total. The van der Waals surface area contributed by atoms with Crippen molar-refractivity contribution in [3.8, 4) is 0 Å². The Kier molecular flexibility index (Phi) is 5.67. The molecule has 0 bridgehead atoms. The predicted octanol–water partition coefficient (Wildman–Crippen LogP) is 3.75. The Morgan fingerprint density at radius 2 is 2.16 bits per heavy atom. The first kappa shape index (κ1) is 21.3. The molecular formula is C20H23F3N6O2. The topological polar surface area (TPSA) is 89.9 Å². The minimum Gasteiger partial charge on any atom is -0.342 e. The highest BCUT2D eigenvalue weighted by Gasteiger charge is 2.38. The van der Waals surface area contributed by atoms with Crippen LogP contribution in [0.3, 0.4) is 0 Å². The molecule has 31 heavy (non-hydrogen) atoms. The van der Waals surface area contributed by atoms with Crippen LogP contribution in [-0.4, -0.2) is 48.8 Å². The number of likely N-dealkylation sites (tertiary alicyclic amines) is 1. The third-order valence-electron chi connectivity index (χ3n) is 5.57. The van der Waals surface area contributed by atoms with Crippen LogP contribution in [0, 0.1) is 0 Å². The molecule has 1 aliphatic heterocycles. The number of fused-ring (bicyclic) bond motifs is 1. The zero-order valence-electron chi connectivity index (χ0n) is 17.3. The number of piperidine rings is 1. The van der Waals surface area contributed by atoms with Gasteiger partial charge in [0.25, 0.3) is 5.71 Å². The molecule has 0 aromatic carbocycles. The summed E-state index contributed by atoms with van der Waals surface area (Å²) < 4.78 is 48.4. The van der Waals surface area contributed by atoms with Crippen molar-refractivity contribution in [2.75, 3.05) is 13.1 Å². The number of carbonyl (C=O) groups excluding carboxylic acids is 1. The van der Waals surface area contributed by atoms with Gasteiger partial charge in [-0.15, -0.1) is 0 Å². The summed E-state index contributed by atoms with van der Waals surface area (Å²) in [4.78, 5) is 22.4. The van der Waals surface area contributed by atoms with Gasteiger partial charge in [0.1, 0.15) is 12.7 Å². The fraction of sp³-hybridized carbons (Fsp3) is 0.550. The number of hydrogen-bond donors (Lipinski definition) is 0. The van der Waals surface area contributed by atoms with E-state index in [0.29, 0.717) is 38.2 Å². The average molecular weight is 436 g/mol. The van der Waals surface area contributed by atoms with Crippen LogP contribution in [0.4, 0.5) is 13.2 Å². The van der Waals surface area contributed by atoms with E-state index in [1.807, 2.05) is 0 Å².